The molecule has 1 aliphatic heterocycles. The Bertz CT molecular complexity index is 667. The number of hydrogen-bond acceptors (Lipinski definition) is 3. The molecule has 1 aromatic rings. The maximum absolute atomic E-state index is 12.5. The van der Waals surface area contributed by atoms with Crippen LogP contribution in [0.5, 0.6) is 0 Å². The largest absolute Gasteiger partial charge is 0.444 e. The molecule has 0 N–H and O–H groups in total. The quantitative estimate of drug-likeness (QED) is 0.655. The predicted molar refractivity (Wildman–Crippen MR) is 86.7 cm³/mol. The van der Waals surface area contributed by atoms with E-state index in [1.165, 1.54) is 6.07 Å². The lowest BCUT2D eigenvalue weighted by atomic mass is 10.0. The highest BCUT2D eigenvalue weighted by Crippen LogP contribution is 2.28. The molecule has 0 saturated carbocycles. The maximum Gasteiger partial charge on any atom is 0.417 e. The number of halogens is 3. The number of nitrogens with zero attached hydrogens (tertiary/aromatic N) is 2. The van der Waals surface area contributed by atoms with Crippen LogP contribution in [0.4, 0.5) is 18.0 Å². The first-order valence-electron chi connectivity index (χ1n) is 8.11. The molecule has 2 rings (SSSR count). The van der Waals surface area contributed by atoms with Gasteiger partial charge < -0.3 is 4.74 Å². The van der Waals surface area contributed by atoms with E-state index in [-0.39, 0.29) is 11.7 Å². The van der Waals surface area contributed by atoms with Crippen molar-refractivity contribution >= 4 is 6.09 Å². The number of pyridine rings is 1. The van der Waals surface area contributed by atoms with Crippen molar-refractivity contribution in [2.24, 2.45) is 0 Å². The summed E-state index contributed by atoms with van der Waals surface area (Å²) in [6.45, 7) is 5.93. The van der Waals surface area contributed by atoms with E-state index in [9.17, 15) is 18.0 Å². The third kappa shape index (κ3) is 5.66. The standard InChI is InChI=1S/C18H21F3N2O2/c1-17(2,3)25-16(24)23-11-5-4-6-15(23)10-9-14-8-7-13(12-22-14)18(19,20)21/h7-8,12,15H,4-6,11H2,1-3H3/t15-/m0/s1. The Kier molecular flexibility index (Phi) is 5.61. The van der Waals surface area contributed by atoms with E-state index in [1.54, 1.807) is 25.7 Å². The van der Waals surface area contributed by atoms with Gasteiger partial charge in [0.05, 0.1) is 11.6 Å². The number of piperidine rings is 1. The molecule has 1 amide bonds. The SMILES string of the molecule is CC(C)(C)OC(=O)N1CCCC[C@H]1C#Cc1ccc(C(F)(F)F)cn1. The van der Waals surface area contributed by atoms with Crippen LogP contribution in [0.15, 0.2) is 18.3 Å². The van der Waals surface area contributed by atoms with Crippen molar-refractivity contribution in [3.63, 3.8) is 0 Å². The van der Waals surface area contributed by atoms with Gasteiger partial charge in [0.1, 0.15) is 11.3 Å². The van der Waals surface area contributed by atoms with E-state index in [4.69, 9.17) is 4.74 Å². The van der Waals surface area contributed by atoms with Gasteiger partial charge in [-0.3, -0.25) is 4.90 Å². The van der Waals surface area contributed by atoms with Crippen molar-refractivity contribution in [1.82, 2.24) is 9.88 Å². The fourth-order valence-electron chi connectivity index (χ4n) is 2.41. The molecule has 0 aliphatic carbocycles. The van der Waals surface area contributed by atoms with Crippen LogP contribution in [0.25, 0.3) is 0 Å². The van der Waals surface area contributed by atoms with Gasteiger partial charge in [-0.1, -0.05) is 5.92 Å². The smallest absolute Gasteiger partial charge is 0.417 e. The average Bonchev–Trinajstić information content (AvgIpc) is 2.51. The number of carbonyl (C=O) groups is 1. The minimum absolute atomic E-state index is 0.239. The first-order valence-corrected chi connectivity index (χ1v) is 8.11. The zero-order valence-corrected chi connectivity index (χ0v) is 14.5. The lowest BCUT2D eigenvalue weighted by molar-refractivity contribution is -0.137. The van der Waals surface area contributed by atoms with Crippen LogP contribution in [-0.2, 0) is 10.9 Å². The van der Waals surface area contributed by atoms with Gasteiger partial charge in [0, 0.05) is 12.7 Å². The summed E-state index contributed by atoms with van der Waals surface area (Å²) in [5.74, 6) is 5.71. The topological polar surface area (TPSA) is 42.4 Å². The maximum atomic E-state index is 12.5. The Labute approximate surface area is 145 Å². The number of likely N-dealkylation sites (tertiary alicyclic amines) is 1. The summed E-state index contributed by atoms with van der Waals surface area (Å²) in [5.41, 5.74) is -1.17. The van der Waals surface area contributed by atoms with Crippen LogP contribution in [0.2, 0.25) is 0 Å². The number of alkyl halides is 3. The lowest BCUT2D eigenvalue weighted by Gasteiger charge is -2.34. The molecule has 1 aromatic heterocycles. The Balaban J connectivity index is 2.12. The fourth-order valence-corrected chi connectivity index (χ4v) is 2.41. The van der Waals surface area contributed by atoms with E-state index in [2.05, 4.69) is 16.8 Å². The molecular formula is C18H21F3N2O2. The van der Waals surface area contributed by atoms with Crippen molar-refractivity contribution in [2.45, 2.75) is 57.9 Å². The molecule has 0 bridgehead atoms. The zero-order chi connectivity index (χ0) is 18.7. The molecule has 25 heavy (non-hydrogen) atoms. The summed E-state index contributed by atoms with van der Waals surface area (Å²) >= 11 is 0. The number of ether oxygens (including phenoxy) is 1. The van der Waals surface area contributed by atoms with Crippen molar-refractivity contribution in [3.8, 4) is 11.8 Å². The highest BCUT2D eigenvalue weighted by molar-refractivity contribution is 5.69. The van der Waals surface area contributed by atoms with Crippen LogP contribution >= 0.6 is 0 Å². The third-order valence-corrected chi connectivity index (χ3v) is 3.59. The first kappa shape index (κ1) is 19.1. The Morgan fingerprint density at radius 2 is 2.00 bits per heavy atom. The van der Waals surface area contributed by atoms with E-state index >= 15 is 0 Å². The second-order valence-electron chi connectivity index (χ2n) is 6.88. The molecule has 7 heteroatoms. The minimum Gasteiger partial charge on any atom is -0.444 e. The Hall–Kier alpha value is -2.23. The Morgan fingerprint density at radius 3 is 2.56 bits per heavy atom. The summed E-state index contributed by atoms with van der Waals surface area (Å²) < 4.78 is 43.0. The van der Waals surface area contributed by atoms with Crippen molar-refractivity contribution < 1.29 is 22.7 Å². The number of hydrogen-bond donors (Lipinski definition) is 0. The number of amides is 1. The molecule has 4 nitrogen and oxygen atoms in total. The summed E-state index contributed by atoms with van der Waals surface area (Å²) in [6.07, 6.45) is -1.58. The number of aromatic nitrogens is 1. The normalized spacial score (nSPS) is 18.3. The van der Waals surface area contributed by atoms with E-state index in [0.29, 0.717) is 13.0 Å². The summed E-state index contributed by atoms with van der Waals surface area (Å²) in [5, 5.41) is 0. The predicted octanol–water partition coefficient (Wildman–Crippen LogP) is 4.24. The van der Waals surface area contributed by atoms with Crippen LogP contribution in [-0.4, -0.2) is 34.2 Å². The van der Waals surface area contributed by atoms with Gasteiger partial charge in [0.25, 0.3) is 0 Å². The van der Waals surface area contributed by atoms with E-state index in [1.807, 2.05) is 0 Å². The van der Waals surface area contributed by atoms with Gasteiger partial charge in [-0.15, -0.1) is 0 Å². The molecule has 1 fully saturated rings. The van der Waals surface area contributed by atoms with Crippen molar-refractivity contribution in [1.29, 1.82) is 0 Å². The van der Waals surface area contributed by atoms with Gasteiger partial charge in [-0.05, 0) is 58.1 Å². The highest BCUT2D eigenvalue weighted by Gasteiger charge is 2.31. The van der Waals surface area contributed by atoms with Crippen LogP contribution in [0.1, 0.15) is 51.3 Å². The van der Waals surface area contributed by atoms with Crippen LogP contribution < -0.4 is 0 Å². The molecular weight excluding hydrogens is 333 g/mol. The van der Waals surface area contributed by atoms with Gasteiger partial charge in [-0.2, -0.15) is 13.2 Å². The van der Waals surface area contributed by atoms with Crippen LogP contribution in [0, 0.1) is 11.8 Å². The molecule has 1 aliphatic rings. The zero-order valence-electron chi connectivity index (χ0n) is 14.5. The summed E-state index contributed by atoms with van der Waals surface area (Å²) in [7, 11) is 0. The number of carbonyl (C=O) groups excluding carboxylic acids is 1. The third-order valence-electron chi connectivity index (χ3n) is 3.59. The van der Waals surface area contributed by atoms with Gasteiger partial charge in [0.2, 0.25) is 0 Å². The summed E-state index contributed by atoms with van der Waals surface area (Å²) in [4.78, 5) is 17.6. The molecule has 0 radical (unpaired) electrons. The molecule has 1 atom stereocenters. The lowest BCUT2D eigenvalue weighted by Crippen LogP contribution is -2.45. The first-order chi connectivity index (χ1) is 11.6. The van der Waals surface area contributed by atoms with Crippen molar-refractivity contribution in [2.75, 3.05) is 6.54 Å². The minimum atomic E-state index is -4.42. The molecule has 1 saturated heterocycles. The molecule has 2 heterocycles. The Morgan fingerprint density at radius 1 is 1.28 bits per heavy atom. The van der Waals surface area contributed by atoms with E-state index in [0.717, 1.165) is 25.1 Å². The monoisotopic (exact) mass is 354 g/mol. The summed E-state index contributed by atoms with van der Waals surface area (Å²) in [6, 6.07) is 1.85. The molecule has 0 aromatic carbocycles. The van der Waals surface area contributed by atoms with Crippen LogP contribution in [0.3, 0.4) is 0 Å². The molecule has 136 valence electrons. The van der Waals surface area contributed by atoms with E-state index < -0.39 is 23.4 Å². The average molecular weight is 354 g/mol. The fraction of sp³-hybridized carbons (Fsp3) is 0.556. The van der Waals surface area contributed by atoms with Gasteiger partial charge >= 0.3 is 12.3 Å². The van der Waals surface area contributed by atoms with Gasteiger partial charge in [0.15, 0.2) is 0 Å². The molecule has 0 spiro atoms. The number of rotatable bonds is 0. The second-order valence-corrected chi connectivity index (χ2v) is 6.88. The van der Waals surface area contributed by atoms with Crippen molar-refractivity contribution in [3.05, 3.63) is 29.6 Å². The second kappa shape index (κ2) is 7.34. The van der Waals surface area contributed by atoms with Gasteiger partial charge in [-0.25, -0.2) is 9.78 Å². The highest BCUT2D eigenvalue weighted by atomic mass is 19.4. The molecule has 0 unspecified atom stereocenters.